The topological polar surface area (TPSA) is 70.2 Å². The lowest BCUT2D eigenvalue weighted by molar-refractivity contribution is -0.152. The molecule has 4 rings (SSSR count). The van der Waals surface area contributed by atoms with Crippen molar-refractivity contribution in [3.63, 3.8) is 0 Å². The predicted molar refractivity (Wildman–Crippen MR) is 167 cm³/mol. The Morgan fingerprint density at radius 1 is 0.929 bits per heavy atom. The summed E-state index contributed by atoms with van der Waals surface area (Å²) in [5.74, 6) is -0.702. The minimum Gasteiger partial charge on any atom is -0.467 e. The standard InChI is InChI=1S/C34H52ClN3O4/c1-32(2,3)31(41)38(24-14-16-34(7,8)17-15-24)25-18-28(30(40)42-9)37(19-25)29(39)27-21-36(33(4,5)6)20-26(27)22-10-12-23(35)13-11-22/h10-13,24-28H,14-21H2,1-9H3/t25-,26+,27?,28-/m0/s1. The summed E-state index contributed by atoms with van der Waals surface area (Å²) < 4.78 is 5.24. The molecule has 1 aliphatic carbocycles. The number of rotatable bonds is 5. The molecule has 3 aliphatic rings. The van der Waals surface area contributed by atoms with Gasteiger partial charge < -0.3 is 14.5 Å². The van der Waals surface area contributed by atoms with Crippen LogP contribution in [0.1, 0.15) is 99.0 Å². The average molecular weight is 602 g/mol. The highest BCUT2D eigenvalue weighted by Gasteiger charge is 2.51. The van der Waals surface area contributed by atoms with Gasteiger partial charge in [0.25, 0.3) is 0 Å². The first-order valence-electron chi connectivity index (χ1n) is 15.6. The third-order valence-corrected chi connectivity index (χ3v) is 10.1. The lowest BCUT2D eigenvalue weighted by Crippen LogP contribution is -2.54. The van der Waals surface area contributed by atoms with Gasteiger partial charge in [-0.15, -0.1) is 0 Å². The number of carbonyl (C=O) groups is 3. The molecular formula is C34H52ClN3O4. The van der Waals surface area contributed by atoms with Crippen molar-refractivity contribution in [3.05, 3.63) is 34.9 Å². The molecule has 1 aromatic rings. The first-order valence-corrected chi connectivity index (χ1v) is 16.0. The van der Waals surface area contributed by atoms with Gasteiger partial charge in [-0.2, -0.15) is 0 Å². The molecule has 3 fully saturated rings. The van der Waals surface area contributed by atoms with E-state index in [1.807, 2.05) is 45.0 Å². The number of methoxy groups -OCH3 is 1. The number of nitrogens with zero attached hydrogens (tertiary/aromatic N) is 3. The molecule has 42 heavy (non-hydrogen) atoms. The van der Waals surface area contributed by atoms with Gasteiger partial charge in [-0.05, 0) is 69.6 Å². The quantitative estimate of drug-likeness (QED) is 0.379. The maximum atomic E-state index is 14.6. The number of halogens is 1. The second-order valence-electron chi connectivity index (χ2n) is 15.6. The maximum absolute atomic E-state index is 14.6. The fourth-order valence-corrected chi connectivity index (χ4v) is 7.29. The fraction of sp³-hybridized carbons (Fsp3) is 0.735. The van der Waals surface area contributed by atoms with E-state index >= 15 is 0 Å². The molecule has 2 heterocycles. The van der Waals surface area contributed by atoms with Crippen LogP contribution in [0.4, 0.5) is 0 Å². The number of hydrogen-bond donors (Lipinski definition) is 0. The highest BCUT2D eigenvalue weighted by atomic mass is 35.5. The predicted octanol–water partition coefficient (Wildman–Crippen LogP) is 6.14. The molecule has 1 aromatic carbocycles. The molecule has 0 spiro atoms. The molecule has 2 amide bonds. The van der Waals surface area contributed by atoms with Crippen LogP contribution in [0.15, 0.2) is 24.3 Å². The van der Waals surface area contributed by atoms with Gasteiger partial charge in [0.05, 0.1) is 19.1 Å². The van der Waals surface area contributed by atoms with E-state index in [9.17, 15) is 14.4 Å². The Kier molecular flexibility index (Phi) is 9.45. The van der Waals surface area contributed by atoms with E-state index in [0.717, 1.165) is 37.8 Å². The van der Waals surface area contributed by atoms with Gasteiger partial charge in [-0.1, -0.05) is 58.4 Å². The highest BCUT2D eigenvalue weighted by molar-refractivity contribution is 6.30. The van der Waals surface area contributed by atoms with E-state index in [1.54, 1.807) is 4.90 Å². The zero-order chi connectivity index (χ0) is 31.2. The van der Waals surface area contributed by atoms with E-state index in [4.69, 9.17) is 16.3 Å². The summed E-state index contributed by atoms with van der Waals surface area (Å²) >= 11 is 6.21. The third kappa shape index (κ3) is 6.99. The molecule has 0 radical (unpaired) electrons. The normalized spacial score (nSPS) is 27.2. The van der Waals surface area contributed by atoms with Crippen LogP contribution in [0.3, 0.4) is 0 Å². The van der Waals surface area contributed by atoms with Gasteiger partial charge in [-0.3, -0.25) is 14.5 Å². The van der Waals surface area contributed by atoms with Crippen molar-refractivity contribution >= 4 is 29.4 Å². The summed E-state index contributed by atoms with van der Waals surface area (Å²) in [5, 5.41) is 0.662. The van der Waals surface area contributed by atoms with Crippen LogP contribution in [-0.2, 0) is 19.1 Å². The maximum Gasteiger partial charge on any atom is 0.328 e. The molecular weight excluding hydrogens is 550 g/mol. The van der Waals surface area contributed by atoms with E-state index in [0.29, 0.717) is 24.5 Å². The van der Waals surface area contributed by atoms with Crippen molar-refractivity contribution in [1.29, 1.82) is 0 Å². The Morgan fingerprint density at radius 3 is 2.05 bits per heavy atom. The Hall–Kier alpha value is -2.12. The van der Waals surface area contributed by atoms with Crippen molar-refractivity contribution in [1.82, 2.24) is 14.7 Å². The summed E-state index contributed by atoms with van der Waals surface area (Å²) in [6.07, 6.45) is 4.37. The van der Waals surface area contributed by atoms with E-state index in [1.165, 1.54) is 7.11 Å². The minimum atomic E-state index is -0.711. The molecule has 1 unspecified atom stereocenters. The van der Waals surface area contributed by atoms with Crippen LogP contribution in [-0.4, -0.2) is 82.9 Å². The molecule has 0 N–H and O–H groups in total. The Bertz CT molecular complexity index is 1140. The Morgan fingerprint density at radius 2 is 1.52 bits per heavy atom. The monoisotopic (exact) mass is 601 g/mol. The first kappa shape index (κ1) is 32.8. The van der Waals surface area contributed by atoms with Crippen molar-refractivity contribution in [2.45, 2.75) is 117 Å². The number of esters is 1. The SMILES string of the molecule is COC(=O)[C@@H]1C[C@H](N(C(=O)C(C)(C)C)C2CCC(C)(C)CC2)CN1C(=O)C1CN(C(C)(C)C)C[C@@H]1c1ccc(Cl)cc1. The van der Waals surface area contributed by atoms with Crippen molar-refractivity contribution < 1.29 is 19.1 Å². The van der Waals surface area contributed by atoms with Gasteiger partial charge in [0.1, 0.15) is 6.04 Å². The molecule has 0 bridgehead atoms. The first-order chi connectivity index (χ1) is 19.4. The van der Waals surface area contributed by atoms with Gasteiger partial charge in [0, 0.05) is 54.0 Å². The second-order valence-corrected chi connectivity index (χ2v) is 16.1. The van der Waals surface area contributed by atoms with Crippen LogP contribution >= 0.6 is 11.6 Å². The molecule has 1 saturated carbocycles. The molecule has 4 atom stereocenters. The fourth-order valence-electron chi connectivity index (χ4n) is 7.16. The summed E-state index contributed by atoms with van der Waals surface area (Å²) in [6.45, 7) is 18.7. The molecule has 2 saturated heterocycles. The number of likely N-dealkylation sites (tertiary alicyclic amines) is 2. The smallest absolute Gasteiger partial charge is 0.328 e. The highest BCUT2D eigenvalue weighted by Crippen LogP contribution is 2.42. The summed E-state index contributed by atoms with van der Waals surface area (Å²) in [6, 6.07) is 6.94. The molecule has 8 heteroatoms. The van der Waals surface area contributed by atoms with Crippen LogP contribution in [0.25, 0.3) is 0 Å². The van der Waals surface area contributed by atoms with E-state index in [2.05, 4.69) is 44.4 Å². The summed E-state index contributed by atoms with van der Waals surface area (Å²) in [4.78, 5) is 47.9. The second kappa shape index (κ2) is 12.1. The van der Waals surface area contributed by atoms with Crippen LogP contribution in [0.2, 0.25) is 5.02 Å². The van der Waals surface area contributed by atoms with Crippen LogP contribution in [0.5, 0.6) is 0 Å². The van der Waals surface area contributed by atoms with Crippen molar-refractivity contribution in [2.24, 2.45) is 16.7 Å². The zero-order valence-electron chi connectivity index (χ0n) is 27.2. The Labute approximate surface area is 258 Å². The molecule has 2 aliphatic heterocycles. The van der Waals surface area contributed by atoms with E-state index in [-0.39, 0.29) is 46.7 Å². The van der Waals surface area contributed by atoms with E-state index < -0.39 is 17.4 Å². The van der Waals surface area contributed by atoms with Crippen molar-refractivity contribution in [3.8, 4) is 0 Å². The minimum absolute atomic E-state index is 0.0285. The largest absolute Gasteiger partial charge is 0.467 e. The van der Waals surface area contributed by atoms with Gasteiger partial charge in [0.2, 0.25) is 11.8 Å². The molecule has 0 aromatic heterocycles. The Balaban J connectivity index is 1.67. The number of amides is 2. The van der Waals surface area contributed by atoms with Gasteiger partial charge in [-0.25, -0.2) is 4.79 Å². The lowest BCUT2D eigenvalue weighted by atomic mass is 9.74. The number of ether oxygens (including phenoxy) is 1. The number of benzene rings is 1. The zero-order valence-corrected chi connectivity index (χ0v) is 28.0. The van der Waals surface area contributed by atoms with Gasteiger partial charge in [0.15, 0.2) is 0 Å². The third-order valence-electron chi connectivity index (χ3n) is 9.89. The van der Waals surface area contributed by atoms with Crippen LogP contribution < -0.4 is 0 Å². The van der Waals surface area contributed by atoms with Gasteiger partial charge >= 0.3 is 5.97 Å². The number of carbonyl (C=O) groups excluding carboxylic acids is 3. The molecule has 7 nitrogen and oxygen atoms in total. The van der Waals surface area contributed by atoms with Crippen LogP contribution in [0, 0.1) is 16.7 Å². The van der Waals surface area contributed by atoms with Crippen molar-refractivity contribution in [2.75, 3.05) is 26.7 Å². The average Bonchev–Trinajstić information content (AvgIpc) is 3.54. The molecule has 234 valence electrons. The summed E-state index contributed by atoms with van der Waals surface area (Å²) in [5.41, 5.74) is 0.657. The summed E-state index contributed by atoms with van der Waals surface area (Å²) in [7, 11) is 1.38. The lowest BCUT2D eigenvalue weighted by Gasteiger charge is -2.45. The number of hydrogen-bond acceptors (Lipinski definition) is 5.